The first kappa shape index (κ1) is 30.8. The number of nitrogens with one attached hydrogen (secondary N) is 4. The van der Waals surface area contributed by atoms with Crippen LogP contribution in [0.2, 0.25) is 0 Å². The first-order valence-electron chi connectivity index (χ1n) is 13.9. The van der Waals surface area contributed by atoms with Gasteiger partial charge >= 0.3 is 0 Å². The highest BCUT2D eigenvalue weighted by molar-refractivity contribution is 6.06. The highest BCUT2D eigenvalue weighted by Gasteiger charge is 2.18. The summed E-state index contributed by atoms with van der Waals surface area (Å²) in [5.74, 6) is -0.236. The summed E-state index contributed by atoms with van der Waals surface area (Å²) in [4.78, 5) is 29.0. The summed E-state index contributed by atoms with van der Waals surface area (Å²) in [5, 5.41) is 17.2. The third kappa shape index (κ3) is 8.63. The van der Waals surface area contributed by atoms with Crippen molar-refractivity contribution in [3.63, 3.8) is 0 Å². The standard InChI is InChI=1S/C32H44N6O2/c1-22(2)36-31-17-28(27-9-7-8-26(15-27)20-38-12-10-37(6)11-13-38)16-29(30(31)18-33)32(40)34-19-24(4)23(3)14-25(5)35-21-39/h7-9,14-18,21-22,33,36H,10-13,19-20H2,1-6H3,(H,34,40)(H,35,39)/b24-23+,25-14-,33-18?. The van der Waals surface area contributed by atoms with Crippen molar-refractivity contribution in [3.8, 4) is 11.1 Å². The van der Waals surface area contributed by atoms with Crippen LogP contribution in [0.1, 0.15) is 56.1 Å². The molecule has 214 valence electrons. The molecule has 4 N–H and O–H groups in total. The van der Waals surface area contributed by atoms with Gasteiger partial charge in [-0.2, -0.15) is 0 Å². The second-order valence-electron chi connectivity index (χ2n) is 10.9. The van der Waals surface area contributed by atoms with Crippen LogP contribution >= 0.6 is 0 Å². The molecular formula is C32H44N6O2. The summed E-state index contributed by atoms with van der Waals surface area (Å²) in [6.45, 7) is 15.3. The Kier molecular flexibility index (Phi) is 11.2. The summed E-state index contributed by atoms with van der Waals surface area (Å²) in [6, 6.07) is 12.6. The Morgan fingerprint density at radius 3 is 2.42 bits per heavy atom. The molecule has 40 heavy (non-hydrogen) atoms. The van der Waals surface area contributed by atoms with Gasteiger partial charge in [0.25, 0.3) is 5.91 Å². The van der Waals surface area contributed by atoms with E-state index in [-0.39, 0.29) is 11.9 Å². The molecule has 2 aromatic carbocycles. The summed E-state index contributed by atoms with van der Waals surface area (Å²) >= 11 is 0. The first-order chi connectivity index (χ1) is 19.1. The van der Waals surface area contributed by atoms with Gasteiger partial charge in [0, 0.05) is 68.5 Å². The molecule has 8 heteroatoms. The monoisotopic (exact) mass is 544 g/mol. The van der Waals surface area contributed by atoms with Gasteiger partial charge in [-0.05, 0) is 88.2 Å². The van der Waals surface area contributed by atoms with E-state index in [1.807, 2.05) is 52.8 Å². The molecule has 0 aromatic heterocycles. The molecule has 0 radical (unpaired) electrons. The summed E-state index contributed by atoms with van der Waals surface area (Å²) < 4.78 is 0. The maximum atomic E-state index is 13.5. The number of anilines is 1. The van der Waals surface area contributed by atoms with Crippen LogP contribution in [0, 0.1) is 5.41 Å². The van der Waals surface area contributed by atoms with Gasteiger partial charge in [0.2, 0.25) is 6.41 Å². The largest absolute Gasteiger partial charge is 0.382 e. The number of piperazine rings is 1. The number of benzene rings is 2. The van der Waals surface area contributed by atoms with Crippen molar-refractivity contribution in [1.82, 2.24) is 20.4 Å². The fourth-order valence-corrected chi connectivity index (χ4v) is 4.74. The van der Waals surface area contributed by atoms with Crippen molar-refractivity contribution in [1.29, 1.82) is 5.41 Å². The van der Waals surface area contributed by atoms with E-state index in [1.165, 1.54) is 11.8 Å². The van der Waals surface area contributed by atoms with Gasteiger partial charge in [0.15, 0.2) is 0 Å². The number of nitrogens with zero attached hydrogens (tertiary/aromatic N) is 2. The Labute approximate surface area is 239 Å². The summed E-state index contributed by atoms with van der Waals surface area (Å²) in [6.07, 6.45) is 3.77. The predicted octanol–water partition coefficient (Wildman–Crippen LogP) is 4.63. The van der Waals surface area contributed by atoms with Gasteiger partial charge in [-0.15, -0.1) is 0 Å². The molecule has 3 rings (SSSR count). The number of amides is 2. The van der Waals surface area contributed by atoms with Gasteiger partial charge < -0.3 is 26.3 Å². The zero-order chi connectivity index (χ0) is 29.2. The third-order valence-electron chi connectivity index (χ3n) is 7.18. The van der Waals surface area contributed by atoms with E-state index in [2.05, 4.69) is 57.1 Å². The molecule has 1 heterocycles. The molecule has 1 aliphatic rings. The molecule has 0 aliphatic carbocycles. The molecular weight excluding hydrogens is 500 g/mol. The number of allylic oxidation sites excluding steroid dienone is 3. The number of likely N-dealkylation sites (N-methyl/N-ethyl adjacent to an activating group) is 1. The van der Waals surface area contributed by atoms with Gasteiger partial charge in [0.1, 0.15) is 0 Å². The predicted molar refractivity (Wildman–Crippen MR) is 165 cm³/mol. The second kappa shape index (κ2) is 14.6. The minimum absolute atomic E-state index is 0.135. The van der Waals surface area contributed by atoms with Crippen molar-refractivity contribution in [2.24, 2.45) is 0 Å². The van der Waals surface area contributed by atoms with Gasteiger partial charge in [-0.1, -0.05) is 23.8 Å². The van der Waals surface area contributed by atoms with Crippen molar-refractivity contribution in [3.05, 3.63) is 76.0 Å². The number of carbonyl (C=O) groups is 2. The Morgan fingerprint density at radius 1 is 1.05 bits per heavy atom. The van der Waals surface area contributed by atoms with Gasteiger partial charge in [-0.3, -0.25) is 14.5 Å². The number of hydrogen-bond donors (Lipinski definition) is 4. The van der Waals surface area contributed by atoms with Crippen LogP contribution in [0.5, 0.6) is 0 Å². The van der Waals surface area contributed by atoms with Crippen LogP contribution in [-0.4, -0.2) is 74.1 Å². The quantitative estimate of drug-likeness (QED) is 0.177. The van der Waals surface area contributed by atoms with E-state index in [4.69, 9.17) is 5.41 Å². The lowest BCUT2D eigenvalue weighted by atomic mass is 9.95. The van der Waals surface area contributed by atoms with Crippen LogP contribution in [0.3, 0.4) is 0 Å². The molecule has 2 amide bonds. The van der Waals surface area contributed by atoms with E-state index < -0.39 is 0 Å². The zero-order valence-corrected chi connectivity index (χ0v) is 24.7. The molecule has 0 unspecified atom stereocenters. The van der Waals surface area contributed by atoms with E-state index >= 15 is 0 Å². The Bertz CT molecular complexity index is 1270. The van der Waals surface area contributed by atoms with Crippen LogP contribution in [0.15, 0.2) is 59.3 Å². The molecule has 1 fully saturated rings. The maximum absolute atomic E-state index is 13.5. The number of carbonyl (C=O) groups excluding carboxylic acids is 2. The zero-order valence-electron chi connectivity index (χ0n) is 24.7. The Balaban J connectivity index is 1.91. The molecule has 0 atom stereocenters. The lowest BCUT2D eigenvalue weighted by Gasteiger charge is -2.32. The SMILES string of the molecule is C/C(=C/C(C)=C(\C)CNC(=O)c1cc(-c2cccc(CN3CCN(C)CC3)c2)cc(NC(C)C)c1C=N)NC=O. The van der Waals surface area contributed by atoms with Crippen molar-refractivity contribution in [2.75, 3.05) is 45.1 Å². The molecule has 2 aromatic rings. The lowest BCUT2D eigenvalue weighted by Crippen LogP contribution is -2.43. The fraction of sp³-hybridized carbons (Fsp3) is 0.406. The smallest absolute Gasteiger partial charge is 0.252 e. The minimum Gasteiger partial charge on any atom is -0.382 e. The van der Waals surface area contributed by atoms with Gasteiger partial charge in [0.05, 0.1) is 5.56 Å². The highest BCUT2D eigenvalue weighted by Crippen LogP contribution is 2.30. The number of hydrogen-bond acceptors (Lipinski definition) is 6. The molecule has 0 spiro atoms. The molecule has 8 nitrogen and oxygen atoms in total. The Hall–Kier alpha value is -3.75. The number of rotatable bonds is 12. The highest BCUT2D eigenvalue weighted by atomic mass is 16.1. The average Bonchev–Trinajstić information content (AvgIpc) is 2.92. The van der Waals surface area contributed by atoms with E-state index in [9.17, 15) is 9.59 Å². The topological polar surface area (TPSA) is 101 Å². The van der Waals surface area contributed by atoms with Crippen LogP contribution in [0.25, 0.3) is 11.1 Å². The minimum atomic E-state index is -0.236. The second-order valence-corrected chi connectivity index (χ2v) is 10.9. The third-order valence-corrected chi connectivity index (χ3v) is 7.18. The molecule has 0 bridgehead atoms. The normalized spacial score (nSPS) is 15.4. The van der Waals surface area contributed by atoms with Gasteiger partial charge in [-0.25, -0.2) is 0 Å². The summed E-state index contributed by atoms with van der Waals surface area (Å²) in [7, 11) is 2.16. The molecule has 0 saturated carbocycles. The molecule has 1 saturated heterocycles. The van der Waals surface area contributed by atoms with Crippen LogP contribution in [-0.2, 0) is 11.3 Å². The van der Waals surface area contributed by atoms with E-state index in [0.717, 1.165) is 66.4 Å². The first-order valence-corrected chi connectivity index (χ1v) is 13.9. The van der Waals surface area contributed by atoms with E-state index in [1.54, 1.807) is 0 Å². The summed E-state index contributed by atoms with van der Waals surface area (Å²) in [5.41, 5.74) is 7.67. The van der Waals surface area contributed by atoms with Crippen molar-refractivity contribution in [2.45, 2.75) is 47.2 Å². The molecule has 1 aliphatic heterocycles. The van der Waals surface area contributed by atoms with Crippen molar-refractivity contribution >= 4 is 24.2 Å². The fourth-order valence-electron chi connectivity index (χ4n) is 4.74. The Morgan fingerprint density at radius 2 is 1.77 bits per heavy atom. The van der Waals surface area contributed by atoms with Crippen LogP contribution < -0.4 is 16.0 Å². The maximum Gasteiger partial charge on any atom is 0.252 e. The van der Waals surface area contributed by atoms with E-state index in [0.29, 0.717) is 24.1 Å². The van der Waals surface area contributed by atoms with Crippen LogP contribution in [0.4, 0.5) is 5.69 Å². The lowest BCUT2D eigenvalue weighted by molar-refractivity contribution is -0.108. The van der Waals surface area contributed by atoms with Crippen molar-refractivity contribution < 1.29 is 9.59 Å². The average molecular weight is 545 g/mol.